The Labute approximate surface area is 87.3 Å². The average molecular weight is 194 g/mol. The van der Waals surface area contributed by atoms with Gasteiger partial charge in [-0.25, -0.2) is 0 Å². The minimum absolute atomic E-state index is 0.441. The summed E-state index contributed by atoms with van der Waals surface area (Å²) in [6.45, 7) is 0. The Morgan fingerprint density at radius 2 is 1.57 bits per heavy atom. The van der Waals surface area contributed by atoms with Gasteiger partial charge < -0.3 is 0 Å². The molecule has 2 aliphatic rings. The second-order valence-electron chi connectivity index (χ2n) is 5.14. The topological polar surface area (TPSA) is 17.1 Å². The molecule has 2 aliphatic carbocycles. The zero-order chi connectivity index (χ0) is 9.80. The lowest BCUT2D eigenvalue weighted by Gasteiger charge is -2.11. The maximum Gasteiger partial charge on any atom is 0.135 e. The van der Waals surface area contributed by atoms with Crippen LogP contribution in [-0.4, -0.2) is 5.78 Å². The van der Waals surface area contributed by atoms with Gasteiger partial charge in [-0.1, -0.05) is 38.5 Å². The molecule has 0 N–H and O–H groups in total. The number of hydrogen-bond donors (Lipinski definition) is 0. The molecule has 0 aliphatic heterocycles. The van der Waals surface area contributed by atoms with E-state index in [9.17, 15) is 4.79 Å². The molecule has 2 rings (SSSR count). The van der Waals surface area contributed by atoms with Crippen LogP contribution in [0.5, 0.6) is 0 Å². The lowest BCUT2D eigenvalue weighted by atomic mass is 9.92. The third kappa shape index (κ3) is 3.11. The average Bonchev–Trinajstić information content (AvgIpc) is 3.01. The summed E-state index contributed by atoms with van der Waals surface area (Å²) in [5.74, 6) is 1.94. The summed E-state index contributed by atoms with van der Waals surface area (Å²) >= 11 is 0. The molecule has 0 heterocycles. The Hall–Kier alpha value is -0.330. The molecule has 0 aromatic rings. The van der Waals surface area contributed by atoms with Crippen LogP contribution in [0.1, 0.15) is 64.2 Å². The molecule has 0 bridgehead atoms. The Morgan fingerprint density at radius 3 is 2.14 bits per heavy atom. The highest BCUT2D eigenvalue weighted by Crippen LogP contribution is 2.34. The molecule has 1 nitrogen and oxygen atoms in total. The molecule has 0 radical (unpaired) electrons. The summed E-state index contributed by atoms with van der Waals surface area (Å²) in [6, 6.07) is 0. The third-order valence-corrected chi connectivity index (χ3v) is 3.81. The molecular formula is C13H22O. The van der Waals surface area contributed by atoms with Crippen molar-refractivity contribution in [1.82, 2.24) is 0 Å². The molecule has 0 saturated heterocycles. The van der Waals surface area contributed by atoms with Crippen molar-refractivity contribution >= 4 is 5.78 Å². The lowest BCUT2D eigenvalue weighted by Crippen LogP contribution is -2.13. The van der Waals surface area contributed by atoms with Gasteiger partial charge >= 0.3 is 0 Å². The first-order valence-electron chi connectivity index (χ1n) is 6.39. The van der Waals surface area contributed by atoms with Crippen molar-refractivity contribution in [3.8, 4) is 0 Å². The SMILES string of the molecule is O=C(CCC1CC1)C1CCCCCC1. The normalized spacial score (nSPS) is 24.6. The fraction of sp³-hybridized carbons (Fsp3) is 0.923. The van der Waals surface area contributed by atoms with Gasteiger partial charge in [-0.05, 0) is 25.2 Å². The smallest absolute Gasteiger partial charge is 0.135 e. The van der Waals surface area contributed by atoms with E-state index in [1.165, 1.54) is 57.8 Å². The van der Waals surface area contributed by atoms with Crippen LogP contribution in [0.3, 0.4) is 0 Å². The van der Waals surface area contributed by atoms with Gasteiger partial charge in [0.1, 0.15) is 5.78 Å². The molecule has 1 heteroatoms. The quantitative estimate of drug-likeness (QED) is 0.623. The van der Waals surface area contributed by atoms with Gasteiger partial charge in [-0.2, -0.15) is 0 Å². The number of carbonyl (C=O) groups is 1. The van der Waals surface area contributed by atoms with Gasteiger partial charge in [0.15, 0.2) is 0 Å². The Kier molecular flexibility index (Phi) is 3.61. The largest absolute Gasteiger partial charge is 0.299 e. The van der Waals surface area contributed by atoms with Crippen molar-refractivity contribution in [2.75, 3.05) is 0 Å². The van der Waals surface area contributed by atoms with Gasteiger partial charge in [0.2, 0.25) is 0 Å². The van der Waals surface area contributed by atoms with Crippen LogP contribution in [0.25, 0.3) is 0 Å². The van der Waals surface area contributed by atoms with Crippen molar-refractivity contribution in [3.05, 3.63) is 0 Å². The van der Waals surface area contributed by atoms with Crippen LogP contribution < -0.4 is 0 Å². The fourth-order valence-electron chi connectivity index (χ4n) is 2.56. The highest BCUT2D eigenvalue weighted by atomic mass is 16.1. The number of Topliss-reactive ketones (excluding diaryl/α,β-unsaturated/α-hetero) is 1. The molecule has 14 heavy (non-hydrogen) atoms. The Bertz CT molecular complexity index is 185. The van der Waals surface area contributed by atoms with Gasteiger partial charge in [0, 0.05) is 12.3 Å². The molecule has 0 amide bonds. The lowest BCUT2D eigenvalue weighted by molar-refractivity contribution is -0.123. The van der Waals surface area contributed by atoms with Crippen LogP contribution in [0.2, 0.25) is 0 Å². The van der Waals surface area contributed by atoms with Gasteiger partial charge in [-0.15, -0.1) is 0 Å². The van der Waals surface area contributed by atoms with Crippen molar-refractivity contribution in [3.63, 3.8) is 0 Å². The third-order valence-electron chi connectivity index (χ3n) is 3.81. The summed E-state index contributed by atoms with van der Waals surface area (Å²) in [7, 11) is 0. The van der Waals surface area contributed by atoms with Crippen LogP contribution >= 0.6 is 0 Å². The van der Waals surface area contributed by atoms with Crippen LogP contribution in [-0.2, 0) is 4.79 Å². The summed E-state index contributed by atoms with van der Waals surface area (Å²) in [6.07, 6.45) is 12.5. The van der Waals surface area contributed by atoms with Gasteiger partial charge in [0.25, 0.3) is 0 Å². The first-order valence-corrected chi connectivity index (χ1v) is 6.39. The monoisotopic (exact) mass is 194 g/mol. The van der Waals surface area contributed by atoms with Gasteiger partial charge in [-0.3, -0.25) is 4.79 Å². The van der Waals surface area contributed by atoms with E-state index in [1.807, 2.05) is 0 Å². The molecule has 2 fully saturated rings. The summed E-state index contributed by atoms with van der Waals surface area (Å²) < 4.78 is 0. The highest BCUT2D eigenvalue weighted by molar-refractivity contribution is 5.80. The number of carbonyl (C=O) groups excluding carboxylic acids is 1. The van der Waals surface area contributed by atoms with Crippen molar-refractivity contribution in [2.24, 2.45) is 11.8 Å². The molecule has 0 atom stereocenters. The van der Waals surface area contributed by atoms with E-state index in [0.29, 0.717) is 11.7 Å². The highest BCUT2D eigenvalue weighted by Gasteiger charge is 2.25. The summed E-state index contributed by atoms with van der Waals surface area (Å²) in [5, 5.41) is 0. The van der Waals surface area contributed by atoms with E-state index in [1.54, 1.807) is 0 Å². The van der Waals surface area contributed by atoms with E-state index >= 15 is 0 Å². The first kappa shape index (κ1) is 10.2. The summed E-state index contributed by atoms with van der Waals surface area (Å²) in [4.78, 5) is 11.9. The van der Waals surface area contributed by atoms with Crippen LogP contribution in [0.15, 0.2) is 0 Å². The van der Waals surface area contributed by atoms with E-state index in [-0.39, 0.29) is 0 Å². The minimum Gasteiger partial charge on any atom is -0.299 e. The fourth-order valence-corrected chi connectivity index (χ4v) is 2.56. The maximum atomic E-state index is 11.9. The van der Waals surface area contributed by atoms with Crippen molar-refractivity contribution in [2.45, 2.75) is 64.2 Å². The molecular weight excluding hydrogens is 172 g/mol. The first-order chi connectivity index (χ1) is 6.86. The Balaban J connectivity index is 1.70. The summed E-state index contributed by atoms with van der Waals surface area (Å²) in [5.41, 5.74) is 0. The molecule has 2 saturated carbocycles. The minimum atomic E-state index is 0.441. The van der Waals surface area contributed by atoms with E-state index in [0.717, 1.165) is 12.3 Å². The molecule has 80 valence electrons. The molecule has 0 aromatic carbocycles. The predicted octanol–water partition coefficient (Wildman–Crippen LogP) is 3.72. The van der Waals surface area contributed by atoms with E-state index in [2.05, 4.69) is 0 Å². The Morgan fingerprint density at radius 1 is 0.929 bits per heavy atom. The second kappa shape index (κ2) is 4.95. The zero-order valence-corrected chi connectivity index (χ0v) is 9.13. The van der Waals surface area contributed by atoms with Crippen LogP contribution in [0, 0.1) is 11.8 Å². The number of ketones is 1. The standard InChI is InChI=1S/C13H22O/c14-13(10-9-11-7-8-11)12-5-3-1-2-4-6-12/h11-12H,1-10H2. The molecule has 0 aromatic heterocycles. The maximum absolute atomic E-state index is 11.9. The predicted molar refractivity (Wildman–Crippen MR) is 58.2 cm³/mol. The van der Waals surface area contributed by atoms with Crippen LogP contribution in [0.4, 0.5) is 0 Å². The van der Waals surface area contributed by atoms with Crippen molar-refractivity contribution in [1.29, 1.82) is 0 Å². The van der Waals surface area contributed by atoms with E-state index in [4.69, 9.17) is 0 Å². The number of rotatable bonds is 4. The van der Waals surface area contributed by atoms with Gasteiger partial charge in [0.05, 0.1) is 0 Å². The molecule has 0 spiro atoms. The second-order valence-corrected chi connectivity index (χ2v) is 5.14. The van der Waals surface area contributed by atoms with E-state index < -0.39 is 0 Å². The zero-order valence-electron chi connectivity index (χ0n) is 9.13. The van der Waals surface area contributed by atoms with Crippen molar-refractivity contribution < 1.29 is 4.79 Å². The molecule has 0 unspecified atom stereocenters. The number of hydrogen-bond acceptors (Lipinski definition) is 1.